The molecular weight excluding hydrogens is 270 g/mol. The van der Waals surface area contributed by atoms with Crippen LogP contribution in [-0.2, 0) is 4.79 Å². The molecule has 0 fully saturated rings. The Morgan fingerprint density at radius 3 is 2.80 bits per heavy atom. The molecule has 1 aromatic carbocycles. The van der Waals surface area contributed by atoms with Crippen LogP contribution < -0.4 is 15.8 Å². The Bertz CT molecular complexity index is 443. The van der Waals surface area contributed by atoms with E-state index in [1.165, 1.54) is 18.2 Å². The number of carbonyl (C=O) groups is 1. The number of benzene rings is 1. The van der Waals surface area contributed by atoms with E-state index in [9.17, 15) is 18.7 Å². The molecule has 2 unspecified atom stereocenters. The molecule has 0 bridgehead atoms. The number of carbonyl (C=O) groups excluding carboxylic acids is 1. The topological polar surface area (TPSA) is 84.6 Å². The monoisotopic (exact) mass is 288 g/mol. The van der Waals surface area contributed by atoms with E-state index in [1.807, 2.05) is 0 Å². The zero-order chi connectivity index (χ0) is 15.1. The number of rotatable bonds is 8. The van der Waals surface area contributed by atoms with Crippen molar-refractivity contribution in [1.82, 2.24) is 5.32 Å². The van der Waals surface area contributed by atoms with Crippen molar-refractivity contribution in [2.24, 2.45) is 5.73 Å². The maximum Gasteiger partial charge on any atom is 0.387 e. The van der Waals surface area contributed by atoms with Crippen molar-refractivity contribution in [2.45, 2.75) is 32.1 Å². The first-order valence-corrected chi connectivity index (χ1v) is 6.13. The summed E-state index contributed by atoms with van der Waals surface area (Å²) in [6.45, 7) is -0.975. The lowest BCUT2D eigenvalue weighted by atomic mass is 10.1. The fourth-order valence-electron chi connectivity index (χ4n) is 1.70. The van der Waals surface area contributed by atoms with Crippen molar-refractivity contribution in [3.63, 3.8) is 0 Å². The van der Waals surface area contributed by atoms with Crippen LogP contribution in [0.5, 0.6) is 5.75 Å². The third-order valence-corrected chi connectivity index (χ3v) is 2.64. The molecule has 4 N–H and O–H groups in total. The molecule has 0 aliphatic rings. The fourth-order valence-corrected chi connectivity index (χ4v) is 1.70. The molecule has 1 rings (SSSR count). The maximum atomic E-state index is 12.1. The van der Waals surface area contributed by atoms with Crippen molar-refractivity contribution in [3.05, 3.63) is 29.8 Å². The first kappa shape index (κ1) is 16.3. The molecule has 2 atom stereocenters. The van der Waals surface area contributed by atoms with E-state index in [4.69, 9.17) is 5.73 Å². The van der Waals surface area contributed by atoms with Gasteiger partial charge in [0.15, 0.2) is 0 Å². The fraction of sp³-hybridized carbons (Fsp3) is 0.462. The number of aliphatic hydroxyl groups is 1. The summed E-state index contributed by atoms with van der Waals surface area (Å²) in [5, 5.41) is 12.9. The molecular formula is C13H18F2N2O3. The number of nitrogens with one attached hydrogen (secondary N) is 1. The van der Waals surface area contributed by atoms with Crippen molar-refractivity contribution in [1.29, 1.82) is 0 Å². The zero-order valence-electron chi connectivity index (χ0n) is 11.1. The molecule has 20 heavy (non-hydrogen) atoms. The van der Waals surface area contributed by atoms with Gasteiger partial charge in [-0.15, -0.1) is 0 Å². The second kappa shape index (κ2) is 7.76. The van der Waals surface area contributed by atoms with Crippen molar-refractivity contribution < 1.29 is 23.4 Å². The van der Waals surface area contributed by atoms with Crippen LogP contribution in [0.15, 0.2) is 24.3 Å². The molecule has 0 saturated carbocycles. The second-order valence-electron chi connectivity index (χ2n) is 4.45. The first-order valence-electron chi connectivity index (χ1n) is 6.13. The van der Waals surface area contributed by atoms with Crippen LogP contribution in [-0.4, -0.2) is 30.2 Å². The zero-order valence-corrected chi connectivity index (χ0v) is 11.1. The summed E-state index contributed by atoms with van der Waals surface area (Å²) in [4.78, 5) is 10.7. The third kappa shape index (κ3) is 5.94. The van der Waals surface area contributed by atoms with Gasteiger partial charge in [-0.2, -0.15) is 8.78 Å². The van der Waals surface area contributed by atoms with Gasteiger partial charge in [0.1, 0.15) is 5.75 Å². The smallest absolute Gasteiger partial charge is 0.387 e. The average Bonchev–Trinajstić information content (AvgIpc) is 2.34. The largest absolute Gasteiger partial charge is 0.435 e. The van der Waals surface area contributed by atoms with Gasteiger partial charge in [-0.05, 0) is 24.6 Å². The minimum atomic E-state index is -2.91. The highest BCUT2D eigenvalue weighted by atomic mass is 19.3. The predicted octanol–water partition coefficient (Wildman–Crippen LogP) is 1.17. The summed E-state index contributed by atoms with van der Waals surface area (Å²) < 4.78 is 28.4. The van der Waals surface area contributed by atoms with E-state index in [0.29, 0.717) is 5.56 Å². The molecule has 5 nitrogen and oxygen atoms in total. The van der Waals surface area contributed by atoms with E-state index < -0.39 is 18.6 Å². The van der Waals surface area contributed by atoms with Gasteiger partial charge in [0, 0.05) is 19.0 Å². The summed E-state index contributed by atoms with van der Waals surface area (Å²) in [5.74, 6) is -0.450. The van der Waals surface area contributed by atoms with Gasteiger partial charge in [-0.3, -0.25) is 4.79 Å². The van der Waals surface area contributed by atoms with Gasteiger partial charge in [-0.1, -0.05) is 12.1 Å². The maximum absolute atomic E-state index is 12.1. The molecule has 0 heterocycles. The van der Waals surface area contributed by atoms with Gasteiger partial charge in [-0.25, -0.2) is 0 Å². The van der Waals surface area contributed by atoms with Crippen LogP contribution in [0.1, 0.15) is 25.0 Å². The van der Waals surface area contributed by atoms with Crippen LogP contribution in [0, 0.1) is 0 Å². The van der Waals surface area contributed by atoms with Gasteiger partial charge in [0.2, 0.25) is 5.91 Å². The van der Waals surface area contributed by atoms with Crippen molar-refractivity contribution >= 4 is 5.91 Å². The summed E-state index contributed by atoms with van der Waals surface area (Å²) in [6, 6.07) is 5.66. The second-order valence-corrected chi connectivity index (χ2v) is 4.45. The van der Waals surface area contributed by atoms with E-state index in [-0.39, 0.29) is 24.8 Å². The normalized spacial score (nSPS) is 14.1. The molecule has 112 valence electrons. The van der Waals surface area contributed by atoms with Crippen LogP contribution >= 0.6 is 0 Å². The highest BCUT2D eigenvalue weighted by Gasteiger charge is 2.12. The number of halogens is 2. The quantitative estimate of drug-likeness (QED) is 0.670. The molecule has 0 saturated heterocycles. The lowest BCUT2D eigenvalue weighted by Crippen LogP contribution is -2.33. The standard InChI is InChI=1S/C13H18F2N2O3/c1-8(5-12(16)19)17-7-11(18)9-3-2-4-10(6-9)20-13(14)15/h2-4,6,8,11,13,17-18H,5,7H2,1H3,(H2,16,19). The van der Waals surface area contributed by atoms with Crippen LogP contribution in [0.3, 0.4) is 0 Å². The number of ether oxygens (including phenoxy) is 1. The SMILES string of the molecule is CC(CC(N)=O)NCC(O)c1cccc(OC(F)F)c1. The van der Waals surface area contributed by atoms with E-state index >= 15 is 0 Å². The van der Waals surface area contributed by atoms with Gasteiger partial charge in [0.05, 0.1) is 6.10 Å². The molecule has 0 spiro atoms. The van der Waals surface area contributed by atoms with Crippen molar-refractivity contribution in [3.8, 4) is 5.75 Å². The average molecular weight is 288 g/mol. The van der Waals surface area contributed by atoms with Gasteiger partial charge < -0.3 is 20.9 Å². The molecule has 0 radical (unpaired) electrons. The highest BCUT2D eigenvalue weighted by molar-refractivity contribution is 5.74. The number of hydrogen-bond donors (Lipinski definition) is 3. The Labute approximate surface area is 115 Å². The van der Waals surface area contributed by atoms with Crippen LogP contribution in [0.25, 0.3) is 0 Å². The number of alkyl halides is 2. The Morgan fingerprint density at radius 1 is 1.50 bits per heavy atom. The molecule has 7 heteroatoms. The minimum Gasteiger partial charge on any atom is -0.435 e. The van der Waals surface area contributed by atoms with Crippen LogP contribution in [0.2, 0.25) is 0 Å². The highest BCUT2D eigenvalue weighted by Crippen LogP contribution is 2.20. The third-order valence-electron chi connectivity index (χ3n) is 2.64. The number of hydrogen-bond acceptors (Lipinski definition) is 4. The van der Waals surface area contributed by atoms with E-state index in [0.717, 1.165) is 0 Å². The summed E-state index contributed by atoms with van der Waals surface area (Å²) in [7, 11) is 0. The lowest BCUT2D eigenvalue weighted by Gasteiger charge is -2.17. The van der Waals surface area contributed by atoms with Gasteiger partial charge in [0.25, 0.3) is 0 Å². The number of primary amides is 1. The van der Waals surface area contributed by atoms with Crippen molar-refractivity contribution in [2.75, 3.05) is 6.54 Å². The molecule has 0 aliphatic carbocycles. The molecule has 1 amide bonds. The first-order chi connectivity index (χ1) is 9.38. The Morgan fingerprint density at radius 2 is 2.20 bits per heavy atom. The lowest BCUT2D eigenvalue weighted by molar-refractivity contribution is -0.118. The number of amides is 1. The van der Waals surface area contributed by atoms with E-state index in [1.54, 1.807) is 13.0 Å². The van der Waals surface area contributed by atoms with Crippen LogP contribution in [0.4, 0.5) is 8.78 Å². The van der Waals surface area contributed by atoms with E-state index in [2.05, 4.69) is 10.1 Å². The Balaban J connectivity index is 2.54. The molecule has 0 aromatic heterocycles. The predicted molar refractivity (Wildman–Crippen MR) is 69.3 cm³/mol. The Hall–Kier alpha value is -1.73. The number of aliphatic hydroxyl groups excluding tert-OH is 1. The van der Waals surface area contributed by atoms with Gasteiger partial charge >= 0.3 is 6.61 Å². The summed E-state index contributed by atoms with van der Waals surface area (Å²) in [6.07, 6.45) is -0.743. The molecule has 1 aromatic rings. The Kier molecular flexibility index (Phi) is 6.33. The minimum absolute atomic E-state index is 0.0123. The summed E-state index contributed by atoms with van der Waals surface area (Å²) >= 11 is 0. The summed E-state index contributed by atoms with van der Waals surface area (Å²) in [5.41, 5.74) is 5.49. The number of nitrogens with two attached hydrogens (primary N) is 1. The molecule has 0 aliphatic heterocycles.